The highest BCUT2D eigenvalue weighted by Crippen LogP contribution is 2.01. The number of nitrogens with one attached hydrogen (secondary N) is 1. The Morgan fingerprint density at radius 1 is 1.05 bits per heavy atom. The zero-order valence-corrected chi connectivity index (χ0v) is 11.4. The Labute approximate surface area is 113 Å². The largest absolute Gasteiger partial charge is 0.481 e. The first-order chi connectivity index (χ1) is 9.06. The fraction of sp³-hybridized carbons (Fsp3) is 0.769. The number of unbranched alkanes of at least 4 members (excludes halogenated alkanes) is 3. The zero-order chi connectivity index (χ0) is 14.5. The molecule has 0 aromatic heterocycles. The molecule has 0 unspecified atom stereocenters. The molecule has 0 bridgehead atoms. The molecule has 0 saturated carbocycles. The highest BCUT2D eigenvalue weighted by atomic mass is 16.5. The summed E-state index contributed by atoms with van der Waals surface area (Å²) >= 11 is 0. The first-order valence-electron chi connectivity index (χ1n) is 6.70. The first-order valence-corrected chi connectivity index (χ1v) is 6.70. The Hall–Kier alpha value is -1.59. The molecule has 0 aliphatic carbocycles. The summed E-state index contributed by atoms with van der Waals surface area (Å²) in [5, 5.41) is 11.0. The molecule has 0 heterocycles. The molecule has 0 spiro atoms. The van der Waals surface area contributed by atoms with Gasteiger partial charge in [0.25, 0.3) is 0 Å². The normalized spacial score (nSPS) is 9.95. The maximum Gasteiger partial charge on any atom is 0.306 e. The number of hydrogen-bond donors (Lipinski definition) is 2. The number of aliphatic carboxylic acids is 1. The van der Waals surface area contributed by atoms with Crippen LogP contribution in [0.4, 0.5) is 0 Å². The number of amides is 1. The predicted molar refractivity (Wildman–Crippen MR) is 69.6 cm³/mol. The molecule has 0 fully saturated rings. The van der Waals surface area contributed by atoms with Crippen LogP contribution in [0.25, 0.3) is 0 Å². The van der Waals surface area contributed by atoms with Crippen LogP contribution >= 0.6 is 0 Å². The lowest BCUT2D eigenvalue weighted by molar-refractivity contribution is -0.147. The minimum atomic E-state index is -1.03. The second kappa shape index (κ2) is 11.5. The molecule has 2 N–H and O–H groups in total. The second-order valence-corrected chi connectivity index (χ2v) is 4.27. The van der Waals surface area contributed by atoms with Crippen molar-refractivity contribution in [1.82, 2.24) is 5.32 Å². The van der Waals surface area contributed by atoms with Crippen molar-refractivity contribution < 1.29 is 24.2 Å². The lowest BCUT2D eigenvalue weighted by Gasteiger charge is -2.06. The molecule has 1 amide bonds. The number of rotatable bonds is 11. The first kappa shape index (κ1) is 17.4. The standard InChI is InChI=1S/C13H23NO5/c1-2-3-4-5-6-11(15)14-9-10-19-13(18)8-7-12(16)17/h2-10H2,1H3,(H,14,15)(H,16,17). The van der Waals surface area contributed by atoms with Gasteiger partial charge in [-0.3, -0.25) is 14.4 Å². The van der Waals surface area contributed by atoms with Crippen LogP contribution in [0.15, 0.2) is 0 Å². The fourth-order valence-corrected chi connectivity index (χ4v) is 1.44. The Balaban J connectivity index is 3.40. The summed E-state index contributed by atoms with van der Waals surface area (Å²) in [5.41, 5.74) is 0. The van der Waals surface area contributed by atoms with E-state index in [4.69, 9.17) is 9.84 Å². The van der Waals surface area contributed by atoms with Crippen LogP contribution < -0.4 is 5.32 Å². The molecule has 110 valence electrons. The molecule has 0 rings (SSSR count). The van der Waals surface area contributed by atoms with E-state index in [9.17, 15) is 14.4 Å². The van der Waals surface area contributed by atoms with E-state index in [1.165, 1.54) is 0 Å². The summed E-state index contributed by atoms with van der Waals surface area (Å²) < 4.78 is 4.77. The molecule has 6 nitrogen and oxygen atoms in total. The van der Waals surface area contributed by atoms with Crippen molar-refractivity contribution in [2.45, 2.75) is 51.9 Å². The lowest BCUT2D eigenvalue weighted by Crippen LogP contribution is -2.27. The van der Waals surface area contributed by atoms with Gasteiger partial charge in [-0.25, -0.2) is 0 Å². The third-order valence-electron chi connectivity index (χ3n) is 2.49. The van der Waals surface area contributed by atoms with Gasteiger partial charge in [0.05, 0.1) is 19.4 Å². The molecule has 0 atom stereocenters. The second-order valence-electron chi connectivity index (χ2n) is 4.27. The zero-order valence-electron chi connectivity index (χ0n) is 11.4. The lowest BCUT2D eigenvalue weighted by atomic mass is 10.1. The number of carbonyl (C=O) groups excluding carboxylic acids is 2. The number of carbonyl (C=O) groups is 3. The summed E-state index contributed by atoms with van der Waals surface area (Å²) in [4.78, 5) is 32.6. The maximum absolute atomic E-state index is 11.3. The van der Waals surface area contributed by atoms with Crippen LogP contribution in [-0.2, 0) is 19.1 Å². The van der Waals surface area contributed by atoms with E-state index in [1.807, 2.05) is 0 Å². The van der Waals surface area contributed by atoms with Gasteiger partial charge in [0.2, 0.25) is 5.91 Å². The minimum Gasteiger partial charge on any atom is -0.481 e. The number of esters is 1. The topological polar surface area (TPSA) is 92.7 Å². The van der Waals surface area contributed by atoms with Gasteiger partial charge in [-0.1, -0.05) is 26.2 Å². The van der Waals surface area contributed by atoms with Gasteiger partial charge in [-0.05, 0) is 6.42 Å². The van der Waals surface area contributed by atoms with Crippen molar-refractivity contribution in [3.63, 3.8) is 0 Å². The van der Waals surface area contributed by atoms with Crippen molar-refractivity contribution in [3.8, 4) is 0 Å². The average molecular weight is 273 g/mol. The fourth-order valence-electron chi connectivity index (χ4n) is 1.44. The summed E-state index contributed by atoms with van der Waals surface area (Å²) in [7, 11) is 0. The third-order valence-corrected chi connectivity index (χ3v) is 2.49. The quantitative estimate of drug-likeness (QED) is 0.439. The van der Waals surface area contributed by atoms with E-state index in [-0.39, 0.29) is 31.9 Å². The Bertz CT molecular complexity index is 291. The smallest absolute Gasteiger partial charge is 0.306 e. The number of hydrogen-bond acceptors (Lipinski definition) is 4. The van der Waals surface area contributed by atoms with Gasteiger partial charge in [-0.2, -0.15) is 0 Å². The summed E-state index contributed by atoms with van der Waals surface area (Å²) in [6.45, 7) is 2.46. The summed E-state index contributed by atoms with van der Waals surface area (Å²) in [6, 6.07) is 0. The van der Waals surface area contributed by atoms with Gasteiger partial charge in [0, 0.05) is 6.42 Å². The highest BCUT2D eigenvalue weighted by Gasteiger charge is 2.06. The van der Waals surface area contributed by atoms with E-state index in [1.54, 1.807) is 0 Å². The van der Waals surface area contributed by atoms with Gasteiger partial charge >= 0.3 is 11.9 Å². The van der Waals surface area contributed by atoms with Crippen molar-refractivity contribution in [2.24, 2.45) is 0 Å². The Morgan fingerprint density at radius 3 is 2.42 bits per heavy atom. The molecule has 0 radical (unpaired) electrons. The van der Waals surface area contributed by atoms with Gasteiger partial charge < -0.3 is 15.2 Å². The van der Waals surface area contributed by atoms with Gasteiger partial charge in [0.15, 0.2) is 0 Å². The highest BCUT2D eigenvalue weighted by molar-refractivity contribution is 5.77. The van der Waals surface area contributed by atoms with Crippen molar-refractivity contribution >= 4 is 17.8 Å². The molecule has 0 aliphatic rings. The van der Waals surface area contributed by atoms with E-state index in [0.29, 0.717) is 6.42 Å². The summed E-state index contributed by atoms with van der Waals surface area (Å²) in [6.07, 6.45) is 4.31. The Morgan fingerprint density at radius 2 is 1.79 bits per heavy atom. The number of ether oxygens (including phenoxy) is 1. The van der Waals surface area contributed by atoms with E-state index in [0.717, 1.165) is 25.7 Å². The van der Waals surface area contributed by atoms with Crippen LogP contribution in [0.1, 0.15) is 51.9 Å². The SMILES string of the molecule is CCCCCCC(=O)NCCOC(=O)CCC(=O)O. The molecule has 0 saturated heterocycles. The monoisotopic (exact) mass is 273 g/mol. The van der Waals surface area contributed by atoms with Crippen LogP contribution in [0.5, 0.6) is 0 Å². The van der Waals surface area contributed by atoms with Crippen LogP contribution in [-0.4, -0.2) is 36.1 Å². The van der Waals surface area contributed by atoms with Crippen molar-refractivity contribution in [1.29, 1.82) is 0 Å². The van der Waals surface area contributed by atoms with Crippen LogP contribution in [0.3, 0.4) is 0 Å². The molecule has 0 aliphatic heterocycles. The number of carboxylic acid groups (broad SMARTS) is 1. The molecule has 6 heteroatoms. The molecule has 0 aromatic rings. The molecule has 0 aromatic carbocycles. The van der Waals surface area contributed by atoms with Crippen LogP contribution in [0, 0.1) is 0 Å². The van der Waals surface area contributed by atoms with E-state index < -0.39 is 11.9 Å². The Kier molecular flexibility index (Phi) is 10.5. The molecule has 19 heavy (non-hydrogen) atoms. The van der Waals surface area contributed by atoms with E-state index in [2.05, 4.69) is 12.2 Å². The van der Waals surface area contributed by atoms with E-state index >= 15 is 0 Å². The maximum atomic E-state index is 11.3. The third kappa shape index (κ3) is 12.7. The van der Waals surface area contributed by atoms with Crippen molar-refractivity contribution in [2.75, 3.05) is 13.2 Å². The van der Waals surface area contributed by atoms with Gasteiger partial charge in [0.1, 0.15) is 6.61 Å². The molecular formula is C13H23NO5. The number of carboxylic acids is 1. The summed E-state index contributed by atoms with van der Waals surface area (Å²) in [5.74, 6) is -1.63. The van der Waals surface area contributed by atoms with Crippen molar-refractivity contribution in [3.05, 3.63) is 0 Å². The predicted octanol–water partition coefficient (Wildman–Crippen LogP) is 1.48. The minimum absolute atomic E-state index is 0.0438. The van der Waals surface area contributed by atoms with Crippen LogP contribution in [0.2, 0.25) is 0 Å². The average Bonchev–Trinajstić information content (AvgIpc) is 2.37. The van der Waals surface area contributed by atoms with Gasteiger partial charge in [-0.15, -0.1) is 0 Å². The molecular weight excluding hydrogens is 250 g/mol.